The van der Waals surface area contributed by atoms with E-state index in [1.807, 2.05) is 0 Å². The Morgan fingerprint density at radius 2 is 1.17 bits per heavy atom. The molecule has 29 heavy (non-hydrogen) atoms. The van der Waals surface area contributed by atoms with Crippen molar-refractivity contribution in [2.75, 3.05) is 26.2 Å². The Kier molecular flexibility index (Phi) is 15.9. The van der Waals surface area contributed by atoms with E-state index >= 15 is 0 Å². The van der Waals surface area contributed by atoms with Crippen molar-refractivity contribution in [2.24, 2.45) is 0 Å². The molecule has 0 aromatic heterocycles. The van der Waals surface area contributed by atoms with Gasteiger partial charge in [0.1, 0.15) is 6.54 Å². The monoisotopic (exact) mass is 413 g/mol. The van der Waals surface area contributed by atoms with Crippen LogP contribution in [0.15, 0.2) is 12.2 Å². The third-order valence-corrected chi connectivity index (χ3v) is 5.03. The number of carbonyl (C=O) groups excluding carboxylic acids is 1. The number of carboxylic acids is 3. The molecule has 0 aliphatic heterocycles. The molecule has 0 aromatic rings. The lowest BCUT2D eigenvalue weighted by molar-refractivity contribution is -0.909. The number of quaternary nitrogens is 1. The van der Waals surface area contributed by atoms with E-state index in [0.29, 0.717) is 6.42 Å². The van der Waals surface area contributed by atoms with Crippen LogP contribution in [0.4, 0.5) is 0 Å². The Morgan fingerprint density at radius 1 is 0.724 bits per heavy atom. The van der Waals surface area contributed by atoms with Crippen molar-refractivity contribution in [1.29, 1.82) is 0 Å². The molecule has 0 fully saturated rings. The van der Waals surface area contributed by atoms with Crippen LogP contribution in [-0.4, -0.2) is 58.8 Å². The summed E-state index contributed by atoms with van der Waals surface area (Å²) in [5.74, 6) is -3.82. The molecule has 0 saturated heterocycles. The van der Waals surface area contributed by atoms with Crippen molar-refractivity contribution in [2.45, 2.75) is 84.0 Å². The average molecular weight is 414 g/mol. The van der Waals surface area contributed by atoms with Crippen LogP contribution in [0.2, 0.25) is 0 Å². The second kappa shape index (κ2) is 17.0. The summed E-state index contributed by atoms with van der Waals surface area (Å²) < 4.78 is -0.500. The van der Waals surface area contributed by atoms with E-state index in [4.69, 9.17) is 10.2 Å². The van der Waals surface area contributed by atoms with Crippen molar-refractivity contribution in [3.05, 3.63) is 12.2 Å². The number of unbranched alkanes of at least 4 members (excludes halogenated alkanes) is 10. The second-order valence-electron chi connectivity index (χ2n) is 7.93. The van der Waals surface area contributed by atoms with Gasteiger partial charge in [0.2, 0.25) is 0 Å². The van der Waals surface area contributed by atoms with E-state index in [2.05, 4.69) is 19.1 Å². The van der Waals surface area contributed by atoms with Gasteiger partial charge >= 0.3 is 11.9 Å². The first-order valence-electron chi connectivity index (χ1n) is 10.9. The highest BCUT2D eigenvalue weighted by atomic mass is 16.4. The minimum Gasteiger partial charge on any atom is -0.544 e. The summed E-state index contributed by atoms with van der Waals surface area (Å²) in [4.78, 5) is 33.2. The average Bonchev–Trinajstić information content (AvgIpc) is 2.60. The highest BCUT2D eigenvalue weighted by Crippen LogP contribution is 2.14. The van der Waals surface area contributed by atoms with Crippen LogP contribution in [0.1, 0.15) is 84.0 Å². The van der Waals surface area contributed by atoms with Crippen molar-refractivity contribution in [3.63, 3.8) is 0 Å². The predicted octanol–water partition coefficient (Wildman–Crippen LogP) is 2.98. The van der Waals surface area contributed by atoms with Crippen LogP contribution >= 0.6 is 0 Å². The van der Waals surface area contributed by atoms with Gasteiger partial charge in [0.25, 0.3) is 0 Å². The molecule has 0 aromatic carbocycles. The standard InChI is InChI=1S/C22H39NO6/c1-2-3-4-5-6-7-8-9-10-11-12-13-14-15-16-23(17-20(24)25,18-21(26)27)19-22(28)29/h4-5H,2-3,6-19H2,1H3,(H2-,24,25,26,27,28,29)/b5-4+. The van der Waals surface area contributed by atoms with E-state index in [-0.39, 0.29) is 6.54 Å². The third kappa shape index (κ3) is 16.7. The van der Waals surface area contributed by atoms with Gasteiger partial charge < -0.3 is 24.6 Å². The molecule has 7 heteroatoms. The molecular formula is C22H39NO6. The molecule has 0 rings (SSSR count). The van der Waals surface area contributed by atoms with Crippen LogP contribution in [0.3, 0.4) is 0 Å². The van der Waals surface area contributed by atoms with E-state index in [1.54, 1.807) is 0 Å². The minimum atomic E-state index is -1.42. The number of hydrogen-bond donors (Lipinski definition) is 2. The first-order valence-corrected chi connectivity index (χ1v) is 10.9. The maximum absolute atomic E-state index is 11.1. The Balaban J connectivity index is 3.98. The maximum Gasteiger partial charge on any atom is 0.359 e. The largest absolute Gasteiger partial charge is 0.544 e. The summed E-state index contributed by atoms with van der Waals surface area (Å²) in [7, 11) is 0. The molecule has 2 N–H and O–H groups in total. The molecule has 0 aliphatic carbocycles. The van der Waals surface area contributed by atoms with Crippen LogP contribution in [0.25, 0.3) is 0 Å². The summed E-state index contributed by atoms with van der Waals surface area (Å²) in [6.45, 7) is 0.770. The first kappa shape index (κ1) is 27.1. The highest BCUT2D eigenvalue weighted by Gasteiger charge is 2.33. The van der Waals surface area contributed by atoms with E-state index in [0.717, 1.165) is 25.7 Å². The predicted molar refractivity (Wildman–Crippen MR) is 110 cm³/mol. The number of nitrogens with zero attached hydrogens (tertiary/aromatic N) is 1. The van der Waals surface area contributed by atoms with Gasteiger partial charge in [-0.1, -0.05) is 64.0 Å². The van der Waals surface area contributed by atoms with E-state index in [1.165, 1.54) is 44.9 Å². The molecule has 7 nitrogen and oxygen atoms in total. The van der Waals surface area contributed by atoms with Gasteiger partial charge in [-0.15, -0.1) is 0 Å². The van der Waals surface area contributed by atoms with Gasteiger partial charge in [-0.05, 0) is 32.1 Å². The molecule has 0 unspecified atom stereocenters. The summed E-state index contributed by atoms with van der Waals surface area (Å²) >= 11 is 0. The summed E-state index contributed by atoms with van der Waals surface area (Å²) in [6.07, 6.45) is 17.7. The van der Waals surface area contributed by atoms with Crippen LogP contribution in [0.5, 0.6) is 0 Å². The number of carboxylic acid groups (broad SMARTS) is 3. The fraction of sp³-hybridized carbons (Fsp3) is 0.773. The normalized spacial score (nSPS) is 11.8. The number of carbonyl (C=O) groups is 3. The molecule has 0 aliphatic rings. The fourth-order valence-corrected chi connectivity index (χ4v) is 3.60. The number of rotatable bonds is 20. The first-order chi connectivity index (χ1) is 13.8. The van der Waals surface area contributed by atoms with E-state index < -0.39 is 42.0 Å². The zero-order valence-electron chi connectivity index (χ0n) is 17.9. The highest BCUT2D eigenvalue weighted by molar-refractivity contribution is 5.72. The zero-order valence-corrected chi connectivity index (χ0v) is 17.9. The molecular weight excluding hydrogens is 374 g/mol. The quantitative estimate of drug-likeness (QED) is 0.180. The molecule has 0 amide bonds. The maximum atomic E-state index is 11.1. The smallest absolute Gasteiger partial charge is 0.359 e. The van der Waals surface area contributed by atoms with Crippen molar-refractivity contribution in [1.82, 2.24) is 0 Å². The van der Waals surface area contributed by atoms with Gasteiger partial charge in [-0.2, -0.15) is 0 Å². The molecule has 0 saturated carbocycles. The van der Waals surface area contributed by atoms with Crippen LogP contribution in [0, 0.1) is 0 Å². The van der Waals surface area contributed by atoms with Crippen molar-refractivity contribution >= 4 is 17.9 Å². The number of hydrogen-bond acceptors (Lipinski definition) is 4. The zero-order chi connectivity index (χ0) is 22.0. The molecule has 0 atom stereocenters. The molecule has 0 bridgehead atoms. The van der Waals surface area contributed by atoms with Gasteiger partial charge in [0.15, 0.2) is 13.1 Å². The second-order valence-corrected chi connectivity index (χ2v) is 7.93. The molecule has 0 heterocycles. The van der Waals surface area contributed by atoms with Gasteiger partial charge in [-0.25, -0.2) is 9.59 Å². The van der Waals surface area contributed by atoms with Gasteiger partial charge in [-0.3, -0.25) is 0 Å². The Labute approximate surface area is 175 Å². The molecule has 0 radical (unpaired) electrons. The van der Waals surface area contributed by atoms with Gasteiger partial charge in [0.05, 0.1) is 12.5 Å². The lowest BCUT2D eigenvalue weighted by Crippen LogP contribution is -2.59. The SMILES string of the molecule is CCC/C=C/CCCCCCCCCCC[N+](CC(=O)[O-])(CC(=O)O)CC(=O)O. The fourth-order valence-electron chi connectivity index (χ4n) is 3.60. The minimum absolute atomic E-state index is 0.220. The van der Waals surface area contributed by atoms with Gasteiger partial charge in [0, 0.05) is 0 Å². The van der Waals surface area contributed by atoms with Crippen LogP contribution in [-0.2, 0) is 14.4 Å². The topological polar surface area (TPSA) is 115 Å². The summed E-state index contributed by atoms with van der Waals surface area (Å²) in [6, 6.07) is 0. The number of aliphatic carboxylic acids is 3. The third-order valence-electron chi connectivity index (χ3n) is 5.03. The summed E-state index contributed by atoms with van der Waals surface area (Å²) in [5.41, 5.74) is 0. The van der Waals surface area contributed by atoms with Crippen molar-refractivity contribution in [3.8, 4) is 0 Å². The number of allylic oxidation sites excluding steroid dienone is 2. The molecule has 168 valence electrons. The molecule has 0 spiro atoms. The lowest BCUT2D eigenvalue weighted by atomic mass is 10.1. The van der Waals surface area contributed by atoms with E-state index in [9.17, 15) is 19.5 Å². The lowest BCUT2D eigenvalue weighted by Gasteiger charge is -2.36. The van der Waals surface area contributed by atoms with Crippen LogP contribution < -0.4 is 5.11 Å². The Hall–Kier alpha value is -1.89. The Bertz CT molecular complexity index is 463. The van der Waals surface area contributed by atoms with Crippen molar-refractivity contribution < 1.29 is 34.2 Å². The summed E-state index contributed by atoms with van der Waals surface area (Å²) in [5, 5.41) is 29.1. The Morgan fingerprint density at radius 3 is 1.62 bits per heavy atom.